The second kappa shape index (κ2) is 6.27. The lowest BCUT2D eigenvalue weighted by Crippen LogP contribution is -2.45. The molecule has 2 amide bonds. The summed E-state index contributed by atoms with van der Waals surface area (Å²) in [6.45, 7) is 5.54. The summed E-state index contributed by atoms with van der Waals surface area (Å²) in [5, 5.41) is 5.30. The lowest BCUT2D eigenvalue weighted by atomic mass is 10.1. The molecule has 0 heterocycles. The first-order valence-corrected chi connectivity index (χ1v) is 6.25. The lowest BCUT2D eigenvalue weighted by molar-refractivity contribution is -0.121. The first kappa shape index (κ1) is 15.8. The Hall–Kier alpha value is -2.24. The van der Waals surface area contributed by atoms with Crippen molar-refractivity contribution in [3.05, 3.63) is 23.8 Å². The highest BCUT2D eigenvalue weighted by Crippen LogP contribution is 2.21. The van der Waals surface area contributed by atoms with Crippen molar-refractivity contribution in [3.8, 4) is 5.75 Å². The van der Waals surface area contributed by atoms with Crippen molar-refractivity contribution >= 4 is 17.5 Å². The van der Waals surface area contributed by atoms with Crippen LogP contribution in [0, 0.1) is 0 Å². The number of hydrogen-bond acceptors (Lipinski definition) is 4. The zero-order valence-corrected chi connectivity index (χ0v) is 12.2. The summed E-state index contributed by atoms with van der Waals surface area (Å²) in [5.74, 6) is -0.169. The molecule has 1 aromatic rings. The molecule has 0 aliphatic carbocycles. The van der Waals surface area contributed by atoms with Crippen molar-refractivity contribution in [2.45, 2.75) is 26.3 Å². The van der Waals surface area contributed by atoms with E-state index >= 15 is 0 Å². The molecule has 0 aliphatic rings. The Morgan fingerprint density at radius 1 is 1.30 bits per heavy atom. The maximum absolute atomic E-state index is 11.9. The Labute approximate surface area is 118 Å². The molecular weight excluding hydrogens is 258 g/mol. The van der Waals surface area contributed by atoms with E-state index in [1.165, 1.54) is 13.2 Å². The third-order valence-corrected chi connectivity index (χ3v) is 2.42. The number of carbonyl (C=O) groups excluding carboxylic acids is 2. The van der Waals surface area contributed by atoms with Gasteiger partial charge >= 0.3 is 0 Å². The first-order chi connectivity index (χ1) is 9.23. The average Bonchev–Trinajstić information content (AvgIpc) is 2.34. The summed E-state index contributed by atoms with van der Waals surface area (Å²) in [6, 6.07) is 4.70. The molecule has 110 valence electrons. The molecule has 0 fully saturated rings. The van der Waals surface area contributed by atoms with E-state index in [1.54, 1.807) is 12.1 Å². The third-order valence-electron chi connectivity index (χ3n) is 2.42. The number of nitrogens with two attached hydrogens (primary N) is 1. The molecule has 0 radical (unpaired) electrons. The quantitative estimate of drug-likeness (QED) is 0.714. The molecule has 0 aliphatic heterocycles. The SMILES string of the molecule is COc1cc(C(=O)NCC(=O)NC(C)(C)C)ccc1N. The number of carbonyl (C=O) groups is 2. The third kappa shape index (κ3) is 4.79. The smallest absolute Gasteiger partial charge is 0.251 e. The van der Waals surface area contributed by atoms with Gasteiger partial charge in [-0.05, 0) is 39.0 Å². The van der Waals surface area contributed by atoms with Gasteiger partial charge < -0.3 is 21.1 Å². The number of methoxy groups -OCH3 is 1. The van der Waals surface area contributed by atoms with E-state index < -0.39 is 0 Å². The minimum absolute atomic E-state index is 0.0806. The highest BCUT2D eigenvalue weighted by Gasteiger charge is 2.15. The summed E-state index contributed by atoms with van der Waals surface area (Å²) in [7, 11) is 1.48. The average molecular weight is 279 g/mol. The topological polar surface area (TPSA) is 93.4 Å². The molecule has 1 aromatic carbocycles. The first-order valence-electron chi connectivity index (χ1n) is 6.25. The van der Waals surface area contributed by atoms with E-state index in [1.807, 2.05) is 20.8 Å². The molecule has 20 heavy (non-hydrogen) atoms. The zero-order chi connectivity index (χ0) is 15.3. The van der Waals surface area contributed by atoms with Crippen LogP contribution in [0.2, 0.25) is 0 Å². The summed E-state index contributed by atoms with van der Waals surface area (Å²) in [6.07, 6.45) is 0. The molecule has 6 nitrogen and oxygen atoms in total. The predicted octanol–water partition coefficient (Wildman–Crippen LogP) is 0.922. The molecular formula is C14H21N3O3. The number of rotatable bonds is 4. The van der Waals surface area contributed by atoms with Gasteiger partial charge in [0.15, 0.2) is 0 Å². The van der Waals surface area contributed by atoms with Gasteiger partial charge in [0.25, 0.3) is 5.91 Å². The lowest BCUT2D eigenvalue weighted by Gasteiger charge is -2.20. The maximum atomic E-state index is 11.9. The van der Waals surface area contributed by atoms with E-state index in [2.05, 4.69) is 10.6 Å². The summed E-state index contributed by atoms with van der Waals surface area (Å²) >= 11 is 0. The van der Waals surface area contributed by atoms with Crippen LogP contribution in [0.1, 0.15) is 31.1 Å². The molecule has 0 aromatic heterocycles. The number of amides is 2. The summed E-state index contributed by atoms with van der Waals surface area (Å²) < 4.78 is 5.04. The summed E-state index contributed by atoms with van der Waals surface area (Å²) in [5.41, 5.74) is 6.19. The largest absolute Gasteiger partial charge is 0.495 e. The minimum Gasteiger partial charge on any atom is -0.495 e. The van der Waals surface area contributed by atoms with Gasteiger partial charge in [-0.2, -0.15) is 0 Å². The van der Waals surface area contributed by atoms with E-state index in [4.69, 9.17) is 10.5 Å². The highest BCUT2D eigenvalue weighted by molar-refractivity contribution is 5.97. The van der Waals surface area contributed by atoms with Crippen molar-refractivity contribution in [3.63, 3.8) is 0 Å². The van der Waals surface area contributed by atoms with Crippen LogP contribution in [-0.2, 0) is 4.79 Å². The van der Waals surface area contributed by atoms with Gasteiger partial charge in [-0.25, -0.2) is 0 Å². The number of nitrogens with one attached hydrogen (secondary N) is 2. The molecule has 1 rings (SSSR count). The van der Waals surface area contributed by atoms with E-state index in [0.29, 0.717) is 17.0 Å². The Bertz CT molecular complexity index is 507. The van der Waals surface area contributed by atoms with Gasteiger partial charge in [0, 0.05) is 11.1 Å². The van der Waals surface area contributed by atoms with Crippen LogP contribution in [0.25, 0.3) is 0 Å². The van der Waals surface area contributed by atoms with Crippen molar-refractivity contribution in [2.24, 2.45) is 0 Å². The fourth-order valence-corrected chi connectivity index (χ4v) is 1.58. The van der Waals surface area contributed by atoms with E-state index in [-0.39, 0.29) is 23.9 Å². The van der Waals surface area contributed by atoms with Crippen LogP contribution >= 0.6 is 0 Å². The normalized spacial score (nSPS) is 10.8. The molecule has 0 unspecified atom stereocenters. The Morgan fingerprint density at radius 2 is 1.95 bits per heavy atom. The molecule has 0 spiro atoms. The van der Waals surface area contributed by atoms with Gasteiger partial charge in [0.2, 0.25) is 5.91 Å². The second-order valence-electron chi connectivity index (χ2n) is 5.44. The molecule has 4 N–H and O–H groups in total. The monoisotopic (exact) mass is 279 g/mol. The zero-order valence-electron chi connectivity index (χ0n) is 12.2. The fourth-order valence-electron chi connectivity index (χ4n) is 1.58. The molecule has 6 heteroatoms. The Balaban J connectivity index is 2.61. The predicted molar refractivity (Wildman–Crippen MR) is 77.6 cm³/mol. The number of anilines is 1. The van der Waals surface area contributed by atoms with Gasteiger partial charge in [-0.3, -0.25) is 9.59 Å². The fraction of sp³-hybridized carbons (Fsp3) is 0.429. The number of benzene rings is 1. The van der Waals surface area contributed by atoms with Gasteiger partial charge in [-0.15, -0.1) is 0 Å². The van der Waals surface area contributed by atoms with Crippen LogP contribution in [0.5, 0.6) is 5.75 Å². The van der Waals surface area contributed by atoms with E-state index in [0.717, 1.165) is 0 Å². The van der Waals surface area contributed by atoms with E-state index in [9.17, 15) is 9.59 Å². The van der Waals surface area contributed by atoms with Crippen LogP contribution < -0.4 is 21.1 Å². The summed E-state index contributed by atoms with van der Waals surface area (Å²) in [4.78, 5) is 23.5. The standard InChI is InChI=1S/C14H21N3O3/c1-14(2,3)17-12(18)8-16-13(19)9-5-6-10(15)11(7-9)20-4/h5-7H,8,15H2,1-4H3,(H,16,19)(H,17,18). The Kier molecular flexibility index (Phi) is 4.96. The van der Waals surface area contributed by atoms with Gasteiger partial charge in [-0.1, -0.05) is 0 Å². The van der Waals surface area contributed by atoms with Crippen molar-refractivity contribution in [2.75, 3.05) is 19.4 Å². The van der Waals surface area contributed by atoms with Gasteiger partial charge in [0.05, 0.1) is 19.3 Å². The van der Waals surface area contributed by atoms with Crippen molar-refractivity contribution in [1.82, 2.24) is 10.6 Å². The van der Waals surface area contributed by atoms with Gasteiger partial charge in [0.1, 0.15) is 5.75 Å². The minimum atomic E-state index is -0.354. The number of hydrogen-bond donors (Lipinski definition) is 3. The van der Waals surface area contributed by atoms with Crippen LogP contribution in [0.3, 0.4) is 0 Å². The maximum Gasteiger partial charge on any atom is 0.251 e. The molecule has 0 saturated carbocycles. The molecule has 0 bridgehead atoms. The van der Waals surface area contributed by atoms with Crippen molar-refractivity contribution < 1.29 is 14.3 Å². The van der Waals surface area contributed by atoms with Crippen molar-refractivity contribution in [1.29, 1.82) is 0 Å². The number of ether oxygens (including phenoxy) is 1. The molecule has 0 saturated heterocycles. The molecule has 0 atom stereocenters. The Morgan fingerprint density at radius 3 is 2.50 bits per heavy atom. The number of nitrogen functional groups attached to an aromatic ring is 1. The highest BCUT2D eigenvalue weighted by atomic mass is 16.5. The van der Waals surface area contributed by atoms with Crippen LogP contribution in [0.4, 0.5) is 5.69 Å². The van der Waals surface area contributed by atoms with Crippen LogP contribution in [-0.4, -0.2) is 31.0 Å². The second-order valence-corrected chi connectivity index (χ2v) is 5.44. The van der Waals surface area contributed by atoms with Crippen LogP contribution in [0.15, 0.2) is 18.2 Å².